The number of piperidine rings is 1. The summed E-state index contributed by atoms with van der Waals surface area (Å²) in [5, 5.41) is 4.69. The molecule has 1 aromatic carbocycles. The molecular formula is C17H24N4. The number of benzene rings is 1. The second kappa shape index (κ2) is 6.31. The summed E-state index contributed by atoms with van der Waals surface area (Å²) in [5.74, 6) is 0. The van der Waals surface area contributed by atoms with Crippen LogP contribution in [0.5, 0.6) is 0 Å². The van der Waals surface area contributed by atoms with Gasteiger partial charge in [-0.2, -0.15) is 0 Å². The summed E-state index contributed by atoms with van der Waals surface area (Å²) in [4.78, 5) is 6.93. The van der Waals surface area contributed by atoms with Gasteiger partial charge in [0.2, 0.25) is 0 Å². The van der Waals surface area contributed by atoms with E-state index < -0.39 is 0 Å². The number of rotatable bonds is 4. The van der Waals surface area contributed by atoms with E-state index in [0.29, 0.717) is 6.04 Å². The number of anilines is 2. The molecule has 1 aromatic heterocycles. The van der Waals surface area contributed by atoms with E-state index in [4.69, 9.17) is 5.73 Å². The second-order valence-electron chi connectivity index (χ2n) is 6.01. The number of hydrogen-bond acceptors (Lipinski definition) is 4. The number of nitrogens with zero attached hydrogens (tertiary/aromatic N) is 2. The Kier molecular flexibility index (Phi) is 4.25. The van der Waals surface area contributed by atoms with Crippen molar-refractivity contribution in [3.05, 3.63) is 30.5 Å². The molecule has 1 fully saturated rings. The first kappa shape index (κ1) is 14.1. The first-order chi connectivity index (χ1) is 10.2. The highest BCUT2D eigenvalue weighted by atomic mass is 15.2. The number of nitrogens with one attached hydrogen (secondary N) is 1. The van der Waals surface area contributed by atoms with E-state index in [0.717, 1.165) is 28.8 Å². The fraction of sp³-hybridized carbons (Fsp3) is 0.471. The minimum absolute atomic E-state index is 0.371. The number of hydrogen-bond donors (Lipinski definition) is 2. The monoisotopic (exact) mass is 284 g/mol. The van der Waals surface area contributed by atoms with E-state index in [1.165, 1.54) is 32.4 Å². The molecular weight excluding hydrogens is 260 g/mol. The van der Waals surface area contributed by atoms with Gasteiger partial charge in [0.15, 0.2) is 0 Å². The zero-order valence-electron chi connectivity index (χ0n) is 12.7. The average Bonchev–Trinajstić information content (AvgIpc) is 2.51. The van der Waals surface area contributed by atoms with Gasteiger partial charge in [0, 0.05) is 18.0 Å². The van der Waals surface area contributed by atoms with Crippen LogP contribution in [0.15, 0.2) is 30.5 Å². The third-order valence-corrected chi connectivity index (χ3v) is 4.18. The molecule has 4 heteroatoms. The fourth-order valence-corrected chi connectivity index (χ4v) is 3.14. The van der Waals surface area contributed by atoms with Gasteiger partial charge in [-0.3, -0.25) is 4.98 Å². The zero-order chi connectivity index (χ0) is 14.7. The number of nitrogens with two attached hydrogens (primary N) is 1. The largest absolute Gasteiger partial charge is 0.396 e. The van der Waals surface area contributed by atoms with Gasteiger partial charge in [0.1, 0.15) is 0 Å². The Morgan fingerprint density at radius 3 is 2.81 bits per heavy atom. The summed E-state index contributed by atoms with van der Waals surface area (Å²) in [6.07, 6.45) is 5.78. The number of para-hydroxylation sites is 1. The standard InChI is InChI=1S/C17H24N4/c1-13(12-21-9-5-2-6-10-21)20-17-14-7-3-4-8-16(14)19-11-15(17)18/h3-4,7-8,11,13H,2,5-6,9-10,12,18H2,1H3,(H,19,20). The Labute approximate surface area is 126 Å². The molecule has 1 unspecified atom stereocenters. The first-order valence-corrected chi connectivity index (χ1v) is 7.86. The Hall–Kier alpha value is -1.81. The SMILES string of the molecule is CC(CN1CCCCC1)Nc1c(N)cnc2ccccc12. The van der Waals surface area contributed by atoms with Gasteiger partial charge in [-0.1, -0.05) is 24.6 Å². The first-order valence-electron chi connectivity index (χ1n) is 7.86. The van der Waals surface area contributed by atoms with Crippen molar-refractivity contribution in [2.24, 2.45) is 0 Å². The summed E-state index contributed by atoms with van der Waals surface area (Å²) in [5.41, 5.74) is 8.86. The van der Waals surface area contributed by atoms with Crippen molar-refractivity contribution in [1.29, 1.82) is 0 Å². The molecule has 1 atom stereocenters. The van der Waals surface area contributed by atoms with Crippen molar-refractivity contribution in [2.75, 3.05) is 30.7 Å². The molecule has 3 rings (SSSR count). The lowest BCUT2D eigenvalue weighted by atomic mass is 10.1. The predicted molar refractivity (Wildman–Crippen MR) is 89.5 cm³/mol. The normalized spacial score (nSPS) is 17.8. The molecule has 2 heterocycles. The van der Waals surface area contributed by atoms with Crippen LogP contribution in [0.3, 0.4) is 0 Å². The smallest absolute Gasteiger partial charge is 0.0743 e. The van der Waals surface area contributed by atoms with Crippen molar-refractivity contribution >= 4 is 22.3 Å². The molecule has 3 N–H and O–H groups in total. The lowest BCUT2D eigenvalue weighted by molar-refractivity contribution is 0.223. The van der Waals surface area contributed by atoms with E-state index in [1.54, 1.807) is 6.20 Å². The van der Waals surface area contributed by atoms with E-state index in [1.807, 2.05) is 18.2 Å². The number of likely N-dealkylation sites (tertiary alicyclic amines) is 1. The minimum atomic E-state index is 0.371. The average molecular weight is 284 g/mol. The van der Waals surface area contributed by atoms with Gasteiger partial charge in [0.25, 0.3) is 0 Å². The molecule has 0 radical (unpaired) electrons. The molecule has 0 spiro atoms. The maximum absolute atomic E-state index is 6.13. The summed E-state index contributed by atoms with van der Waals surface area (Å²) in [6.45, 7) is 5.73. The van der Waals surface area contributed by atoms with Gasteiger partial charge >= 0.3 is 0 Å². The minimum Gasteiger partial charge on any atom is -0.396 e. The molecule has 0 amide bonds. The van der Waals surface area contributed by atoms with Crippen molar-refractivity contribution in [2.45, 2.75) is 32.2 Å². The quantitative estimate of drug-likeness (QED) is 0.906. The molecule has 4 nitrogen and oxygen atoms in total. The van der Waals surface area contributed by atoms with Gasteiger partial charge < -0.3 is 16.0 Å². The van der Waals surface area contributed by atoms with E-state index in [-0.39, 0.29) is 0 Å². The fourth-order valence-electron chi connectivity index (χ4n) is 3.14. The Morgan fingerprint density at radius 1 is 1.24 bits per heavy atom. The molecule has 2 aromatic rings. The molecule has 21 heavy (non-hydrogen) atoms. The van der Waals surface area contributed by atoms with Crippen LogP contribution in [-0.2, 0) is 0 Å². The van der Waals surface area contributed by atoms with Crippen LogP contribution >= 0.6 is 0 Å². The maximum atomic E-state index is 6.13. The van der Waals surface area contributed by atoms with Gasteiger partial charge in [-0.25, -0.2) is 0 Å². The lowest BCUT2D eigenvalue weighted by Crippen LogP contribution is -2.38. The van der Waals surface area contributed by atoms with Gasteiger partial charge in [-0.05, 0) is 38.9 Å². The second-order valence-corrected chi connectivity index (χ2v) is 6.01. The summed E-state index contributed by atoms with van der Waals surface area (Å²) < 4.78 is 0. The maximum Gasteiger partial charge on any atom is 0.0743 e. The third kappa shape index (κ3) is 3.27. The van der Waals surface area contributed by atoms with E-state index >= 15 is 0 Å². The zero-order valence-corrected chi connectivity index (χ0v) is 12.7. The van der Waals surface area contributed by atoms with Crippen LogP contribution in [0, 0.1) is 0 Å². The number of nitrogen functional groups attached to an aromatic ring is 1. The van der Waals surface area contributed by atoms with Gasteiger partial charge in [0.05, 0.1) is 23.1 Å². The van der Waals surface area contributed by atoms with Crippen molar-refractivity contribution in [3.8, 4) is 0 Å². The molecule has 1 aliphatic rings. The Bertz CT molecular complexity index is 605. The van der Waals surface area contributed by atoms with E-state index in [9.17, 15) is 0 Å². The van der Waals surface area contributed by atoms with E-state index in [2.05, 4.69) is 28.2 Å². The van der Waals surface area contributed by atoms with Crippen LogP contribution in [0.4, 0.5) is 11.4 Å². The molecule has 1 aliphatic heterocycles. The number of aromatic nitrogens is 1. The molecule has 112 valence electrons. The Morgan fingerprint density at radius 2 is 2.00 bits per heavy atom. The van der Waals surface area contributed by atoms with Crippen molar-refractivity contribution < 1.29 is 0 Å². The Balaban J connectivity index is 1.75. The number of fused-ring (bicyclic) bond motifs is 1. The molecule has 0 aliphatic carbocycles. The molecule has 0 saturated carbocycles. The van der Waals surface area contributed by atoms with Crippen molar-refractivity contribution in [1.82, 2.24) is 9.88 Å². The van der Waals surface area contributed by atoms with Crippen LogP contribution in [-0.4, -0.2) is 35.6 Å². The third-order valence-electron chi connectivity index (χ3n) is 4.18. The van der Waals surface area contributed by atoms with Crippen LogP contribution in [0.1, 0.15) is 26.2 Å². The van der Waals surface area contributed by atoms with Crippen LogP contribution in [0.25, 0.3) is 10.9 Å². The molecule has 1 saturated heterocycles. The highest BCUT2D eigenvalue weighted by Crippen LogP contribution is 2.28. The summed E-state index contributed by atoms with van der Waals surface area (Å²) >= 11 is 0. The highest BCUT2D eigenvalue weighted by molar-refractivity contribution is 5.96. The van der Waals surface area contributed by atoms with Crippen LogP contribution < -0.4 is 11.1 Å². The predicted octanol–water partition coefficient (Wildman–Crippen LogP) is 3.10. The summed E-state index contributed by atoms with van der Waals surface area (Å²) in [7, 11) is 0. The topological polar surface area (TPSA) is 54.2 Å². The number of pyridine rings is 1. The lowest BCUT2D eigenvalue weighted by Gasteiger charge is -2.30. The summed E-state index contributed by atoms with van der Waals surface area (Å²) in [6, 6.07) is 8.51. The van der Waals surface area contributed by atoms with Crippen LogP contribution in [0.2, 0.25) is 0 Å². The molecule has 0 bridgehead atoms. The van der Waals surface area contributed by atoms with Gasteiger partial charge in [-0.15, -0.1) is 0 Å². The van der Waals surface area contributed by atoms with Crippen molar-refractivity contribution in [3.63, 3.8) is 0 Å². The highest BCUT2D eigenvalue weighted by Gasteiger charge is 2.15.